The highest BCUT2D eigenvalue weighted by molar-refractivity contribution is 6.71. The Kier molecular flexibility index (Phi) is 9.29. The molecule has 0 fully saturated rings. The second-order valence-corrected chi connectivity index (χ2v) is 15.9. The van der Waals surface area contributed by atoms with Crippen molar-refractivity contribution in [3.63, 3.8) is 0 Å². The maximum atomic E-state index is 2.47. The first-order chi connectivity index (χ1) is 24.0. The van der Waals surface area contributed by atoms with Gasteiger partial charge in [-0.15, -0.1) is 0 Å². The van der Waals surface area contributed by atoms with Gasteiger partial charge in [0, 0.05) is 0 Å². The molecular formula is C48H43Si+. The number of benzene rings is 6. The molecule has 0 amide bonds. The van der Waals surface area contributed by atoms with Gasteiger partial charge in [0.25, 0.3) is 0 Å². The smallest absolute Gasteiger partial charge is 0.0877 e. The van der Waals surface area contributed by atoms with Crippen LogP contribution in [0.15, 0.2) is 182 Å². The molecule has 0 saturated heterocycles. The molecule has 49 heavy (non-hydrogen) atoms. The van der Waals surface area contributed by atoms with E-state index in [1.54, 1.807) is 0 Å². The first kappa shape index (κ1) is 32.3. The van der Waals surface area contributed by atoms with Crippen molar-refractivity contribution in [3.8, 4) is 33.4 Å². The Bertz CT molecular complexity index is 2050. The Morgan fingerprint density at radius 3 is 1.53 bits per heavy atom. The fourth-order valence-corrected chi connectivity index (χ4v) is 8.62. The van der Waals surface area contributed by atoms with E-state index in [2.05, 4.69) is 203 Å². The van der Waals surface area contributed by atoms with Crippen LogP contribution in [0.5, 0.6) is 0 Å². The topological polar surface area (TPSA) is 0 Å². The summed E-state index contributed by atoms with van der Waals surface area (Å²) in [6.07, 6.45) is 8.78. The van der Waals surface area contributed by atoms with Crippen molar-refractivity contribution in [1.82, 2.24) is 0 Å². The Labute approximate surface area is 294 Å². The number of rotatable bonds is 9. The van der Waals surface area contributed by atoms with E-state index in [0.717, 1.165) is 0 Å². The zero-order valence-corrected chi connectivity index (χ0v) is 30.0. The number of fused-ring (bicyclic) bond motifs is 1. The van der Waals surface area contributed by atoms with Crippen LogP contribution < -0.4 is 5.19 Å². The highest BCUT2D eigenvalue weighted by atomic mass is 28.3. The maximum absolute atomic E-state index is 2.47. The minimum atomic E-state index is -0.500. The van der Waals surface area contributed by atoms with Crippen molar-refractivity contribution in [2.45, 2.75) is 38.8 Å². The van der Waals surface area contributed by atoms with Gasteiger partial charge in [0.2, 0.25) is 0 Å². The largest absolute Gasteiger partial charge is 0.348 e. The molecular weight excluding hydrogens is 605 g/mol. The first-order valence-corrected chi connectivity index (χ1v) is 19.7. The molecule has 238 valence electrons. The molecule has 0 heterocycles. The van der Waals surface area contributed by atoms with Crippen LogP contribution >= 0.6 is 0 Å². The van der Waals surface area contributed by atoms with Crippen LogP contribution in [-0.2, 0) is 5.41 Å². The average Bonchev–Trinajstić information content (AvgIpc) is 3.42. The summed E-state index contributed by atoms with van der Waals surface area (Å²) >= 11 is 0. The van der Waals surface area contributed by atoms with Gasteiger partial charge in [-0.2, -0.15) is 0 Å². The minimum absolute atomic E-state index is 0.496. The highest BCUT2D eigenvalue weighted by Gasteiger charge is 2.46. The van der Waals surface area contributed by atoms with Gasteiger partial charge in [-0.25, -0.2) is 0 Å². The van der Waals surface area contributed by atoms with Gasteiger partial charge in [-0.1, -0.05) is 158 Å². The molecule has 7 rings (SSSR count). The van der Waals surface area contributed by atoms with E-state index < -0.39 is 14.2 Å². The van der Waals surface area contributed by atoms with Gasteiger partial charge in [-0.3, -0.25) is 0 Å². The quantitative estimate of drug-likeness (QED) is 0.108. The van der Waals surface area contributed by atoms with Crippen LogP contribution in [0.4, 0.5) is 0 Å². The van der Waals surface area contributed by atoms with Crippen LogP contribution in [0, 0.1) is 0 Å². The standard InChI is InChI=1S/C48H43Si/c1-5-7-10-19-46-35(3)45-33-26-41(40-24-31-44(32-25-40)49(4)6-2)34-47(45)48(46,42-27-20-38(21-28-42)36-15-11-8-12-16-36)43-29-22-39(23-30-43)37-17-13-9-14-18-37/h5,7-34H,6H2,1-4H3/q+1/b7-5-,19-10-. The van der Waals surface area contributed by atoms with E-state index in [9.17, 15) is 0 Å². The fourth-order valence-electron chi connectivity index (χ4n) is 7.47. The molecule has 1 aliphatic carbocycles. The molecule has 0 saturated carbocycles. The van der Waals surface area contributed by atoms with Gasteiger partial charge in [0.15, 0.2) is 0 Å². The first-order valence-electron chi connectivity index (χ1n) is 17.5. The van der Waals surface area contributed by atoms with E-state index in [4.69, 9.17) is 0 Å². The van der Waals surface area contributed by atoms with Crippen molar-refractivity contribution in [2.24, 2.45) is 0 Å². The molecule has 0 nitrogen and oxygen atoms in total. The van der Waals surface area contributed by atoms with Crippen LogP contribution in [-0.4, -0.2) is 8.80 Å². The summed E-state index contributed by atoms with van der Waals surface area (Å²) < 4.78 is 0. The Morgan fingerprint density at radius 1 is 0.551 bits per heavy atom. The number of allylic oxidation sites excluding steroid dienone is 6. The summed E-state index contributed by atoms with van der Waals surface area (Å²) in [4.78, 5) is 0. The molecule has 6 aromatic rings. The van der Waals surface area contributed by atoms with E-state index in [1.165, 1.54) is 78.0 Å². The molecule has 0 spiro atoms. The minimum Gasteiger partial charge on any atom is -0.0877 e. The van der Waals surface area contributed by atoms with E-state index >= 15 is 0 Å². The predicted molar refractivity (Wildman–Crippen MR) is 214 cm³/mol. The Balaban J connectivity index is 1.47. The third-order valence-corrected chi connectivity index (χ3v) is 12.7. The predicted octanol–water partition coefficient (Wildman–Crippen LogP) is 12.3. The van der Waals surface area contributed by atoms with E-state index in [1.807, 2.05) is 0 Å². The van der Waals surface area contributed by atoms with Gasteiger partial charge in [0.05, 0.1) is 23.2 Å². The fraction of sp³-hybridized carbons (Fsp3) is 0.125. The molecule has 0 unspecified atom stereocenters. The van der Waals surface area contributed by atoms with Gasteiger partial charge < -0.3 is 0 Å². The van der Waals surface area contributed by atoms with Gasteiger partial charge >= 0.3 is 8.80 Å². The van der Waals surface area contributed by atoms with Crippen molar-refractivity contribution in [2.75, 3.05) is 0 Å². The van der Waals surface area contributed by atoms with Crippen molar-refractivity contribution >= 4 is 19.6 Å². The van der Waals surface area contributed by atoms with E-state index in [0.29, 0.717) is 0 Å². The lowest BCUT2D eigenvalue weighted by atomic mass is 9.66. The summed E-state index contributed by atoms with van der Waals surface area (Å²) in [5, 5.41) is 1.50. The van der Waals surface area contributed by atoms with E-state index in [-0.39, 0.29) is 0 Å². The molecule has 6 aromatic carbocycles. The summed E-state index contributed by atoms with van der Waals surface area (Å²) in [6.45, 7) is 9.09. The SMILES string of the molecule is C/C=C\C=C/C1=C(C)c2ccc(-c3ccc([Si+](C)CC)cc3)cc2C1(c1ccc(-c2ccccc2)cc1)c1ccc(-c2ccccc2)cc1. The molecule has 0 aromatic heterocycles. The van der Waals surface area contributed by atoms with Crippen LogP contribution in [0.3, 0.4) is 0 Å². The molecule has 0 N–H and O–H groups in total. The third kappa shape index (κ3) is 6.00. The molecule has 0 atom stereocenters. The van der Waals surface area contributed by atoms with Crippen LogP contribution in [0.2, 0.25) is 12.6 Å². The highest BCUT2D eigenvalue weighted by Crippen LogP contribution is 2.56. The Morgan fingerprint density at radius 2 is 1.02 bits per heavy atom. The van der Waals surface area contributed by atoms with Crippen molar-refractivity contribution in [3.05, 3.63) is 204 Å². The van der Waals surface area contributed by atoms with Crippen molar-refractivity contribution < 1.29 is 0 Å². The van der Waals surface area contributed by atoms with Gasteiger partial charge in [-0.05, 0) is 106 Å². The zero-order chi connectivity index (χ0) is 33.8. The summed E-state index contributed by atoms with van der Waals surface area (Å²) in [5.41, 5.74) is 14.7. The summed E-state index contributed by atoms with van der Waals surface area (Å²) in [7, 11) is -0.496. The normalized spacial score (nSPS) is 13.7. The summed E-state index contributed by atoms with van der Waals surface area (Å²) in [6, 6.07) is 57.7. The van der Waals surface area contributed by atoms with Crippen LogP contribution in [0.25, 0.3) is 39.0 Å². The van der Waals surface area contributed by atoms with Crippen molar-refractivity contribution in [1.29, 1.82) is 0 Å². The van der Waals surface area contributed by atoms with Gasteiger partial charge in [0.1, 0.15) is 0 Å². The zero-order valence-electron chi connectivity index (χ0n) is 29.0. The monoisotopic (exact) mass is 647 g/mol. The number of hydrogen-bond donors (Lipinski definition) is 0. The molecule has 0 bridgehead atoms. The maximum Gasteiger partial charge on any atom is 0.348 e. The average molecular weight is 648 g/mol. The third-order valence-electron chi connectivity index (χ3n) is 10.3. The lowest BCUT2D eigenvalue weighted by molar-refractivity contribution is 0.761. The molecule has 1 aliphatic rings. The summed E-state index contributed by atoms with van der Waals surface area (Å²) in [5.74, 6) is 0. The Hall–Kier alpha value is -5.24. The lowest BCUT2D eigenvalue weighted by Gasteiger charge is -2.35. The lowest BCUT2D eigenvalue weighted by Crippen LogP contribution is -2.29. The second kappa shape index (κ2) is 14.1. The molecule has 0 radical (unpaired) electrons. The van der Waals surface area contributed by atoms with Crippen LogP contribution in [0.1, 0.15) is 43.0 Å². The number of hydrogen-bond acceptors (Lipinski definition) is 0. The molecule has 0 aliphatic heterocycles. The second-order valence-electron chi connectivity index (χ2n) is 13.0. The molecule has 1 heteroatoms.